The number of benzene rings is 2. The van der Waals surface area contributed by atoms with Gasteiger partial charge in [-0.25, -0.2) is 0 Å². The number of carbonyl (C=O) groups is 2. The number of rotatable bonds is 6. The quantitative estimate of drug-likeness (QED) is 0.704. The van der Waals surface area contributed by atoms with Gasteiger partial charge in [-0.3, -0.25) is 9.59 Å². The van der Waals surface area contributed by atoms with Gasteiger partial charge < -0.3 is 15.4 Å². The Kier molecular flexibility index (Phi) is 7.02. The monoisotopic (exact) mass is 432 g/mol. The topological polar surface area (TPSA) is 67.4 Å². The van der Waals surface area contributed by atoms with Crippen LogP contribution in [0.3, 0.4) is 0 Å². The first-order valence-corrected chi connectivity index (χ1v) is 9.61. The van der Waals surface area contributed by atoms with E-state index in [0.717, 1.165) is 10.0 Å². The van der Waals surface area contributed by atoms with Crippen molar-refractivity contribution in [3.63, 3.8) is 0 Å². The van der Waals surface area contributed by atoms with Gasteiger partial charge in [0.2, 0.25) is 0 Å². The van der Waals surface area contributed by atoms with Crippen molar-refractivity contribution in [2.75, 3.05) is 18.5 Å². The highest BCUT2D eigenvalue weighted by atomic mass is 79.9. The van der Waals surface area contributed by atoms with E-state index >= 15 is 0 Å². The van der Waals surface area contributed by atoms with Gasteiger partial charge in [-0.2, -0.15) is 0 Å². The molecule has 6 heteroatoms. The highest BCUT2D eigenvalue weighted by molar-refractivity contribution is 9.10. The Balaban J connectivity index is 1.98. The van der Waals surface area contributed by atoms with Crippen LogP contribution >= 0.6 is 15.9 Å². The molecule has 2 aromatic carbocycles. The summed E-state index contributed by atoms with van der Waals surface area (Å²) in [7, 11) is 0. The van der Waals surface area contributed by atoms with Gasteiger partial charge in [0.25, 0.3) is 11.8 Å². The van der Waals surface area contributed by atoms with Crippen molar-refractivity contribution in [3.8, 4) is 5.75 Å². The number of amides is 2. The van der Waals surface area contributed by atoms with Gasteiger partial charge in [-0.1, -0.05) is 36.7 Å². The lowest BCUT2D eigenvalue weighted by Crippen LogP contribution is -2.23. The average molecular weight is 433 g/mol. The Hall–Kier alpha value is -2.34. The van der Waals surface area contributed by atoms with E-state index < -0.39 is 0 Å². The summed E-state index contributed by atoms with van der Waals surface area (Å²) in [4.78, 5) is 24.0. The molecule has 2 N–H and O–H groups in total. The molecular weight excluding hydrogens is 408 g/mol. The summed E-state index contributed by atoms with van der Waals surface area (Å²) < 4.78 is 6.72. The largest absolute Gasteiger partial charge is 0.483 e. The fourth-order valence-electron chi connectivity index (χ4n) is 2.52. The number of nitrogens with one attached hydrogen (secondary N) is 2. The number of hydrogen-bond acceptors (Lipinski definition) is 3. The van der Waals surface area contributed by atoms with Crippen LogP contribution in [0.1, 0.15) is 43.6 Å². The predicted molar refractivity (Wildman–Crippen MR) is 111 cm³/mol. The maximum Gasteiger partial charge on any atom is 0.262 e. The second kappa shape index (κ2) is 9.04. The van der Waals surface area contributed by atoms with E-state index in [0.29, 0.717) is 23.5 Å². The van der Waals surface area contributed by atoms with E-state index in [4.69, 9.17) is 4.74 Å². The van der Waals surface area contributed by atoms with Crippen LogP contribution in [0.25, 0.3) is 0 Å². The first kappa shape index (κ1) is 21.0. The van der Waals surface area contributed by atoms with E-state index in [1.807, 2.05) is 25.1 Å². The first-order valence-electron chi connectivity index (χ1n) is 8.81. The Labute approximate surface area is 168 Å². The third-order valence-electron chi connectivity index (χ3n) is 3.88. The molecule has 5 nitrogen and oxygen atoms in total. The molecule has 2 rings (SSSR count). The van der Waals surface area contributed by atoms with Gasteiger partial charge in [-0.05, 0) is 54.8 Å². The molecule has 0 unspecified atom stereocenters. The van der Waals surface area contributed by atoms with Gasteiger partial charge in [0.1, 0.15) is 5.75 Å². The highest BCUT2D eigenvalue weighted by Gasteiger charge is 2.20. The SMILES string of the molecule is CCNC(=O)c1ccc(NC(=O)COc2ccc(Br)cc2C(C)(C)C)cc1. The van der Waals surface area contributed by atoms with E-state index in [1.165, 1.54) is 0 Å². The van der Waals surface area contributed by atoms with Crippen LogP contribution in [-0.2, 0) is 10.2 Å². The number of ether oxygens (including phenoxy) is 1. The summed E-state index contributed by atoms with van der Waals surface area (Å²) in [5.41, 5.74) is 2.08. The van der Waals surface area contributed by atoms with Crippen LogP contribution in [-0.4, -0.2) is 25.0 Å². The van der Waals surface area contributed by atoms with Crippen LogP contribution in [0.2, 0.25) is 0 Å². The van der Waals surface area contributed by atoms with Crippen molar-refractivity contribution < 1.29 is 14.3 Å². The lowest BCUT2D eigenvalue weighted by Gasteiger charge is -2.23. The molecule has 2 aromatic rings. The number of hydrogen-bond donors (Lipinski definition) is 2. The lowest BCUT2D eigenvalue weighted by atomic mass is 9.86. The van der Waals surface area contributed by atoms with Crippen molar-refractivity contribution in [2.24, 2.45) is 0 Å². The molecule has 0 saturated heterocycles. The molecule has 0 aliphatic heterocycles. The van der Waals surface area contributed by atoms with Gasteiger partial charge in [0, 0.05) is 27.8 Å². The molecule has 0 fully saturated rings. The minimum absolute atomic E-state index is 0.0945. The van der Waals surface area contributed by atoms with Crippen LogP contribution in [0, 0.1) is 0 Å². The minimum Gasteiger partial charge on any atom is -0.483 e. The van der Waals surface area contributed by atoms with Gasteiger partial charge in [0.15, 0.2) is 6.61 Å². The zero-order chi connectivity index (χ0) is 20.0. The third kappa shape index (κ3) is 6.10. The maximum absolute atomic E-state index is 12.2. The molecule has 2 amide bonds. The van der Waals surface area contributed by atoms with Crippen LogP contribution < -0.4 is 15.4 Å². The fourth-order valence-corrected chi connectivity index (χ4v) is 2.88. The summed E-state index contributed by atoms with van der Waals surface area (Å²) in [6, 6.07) is 12.5. The van der Waals surface area contributed by atoms with E-state index in [2.05, 4.69) is 47.3 Å². The van der Waals surface area contributed by atoms with Crippen molar-refractivity contribution in [2.45, 2.75) is 33.1 Å². The zero-order valence-corrected chi connectivity index (χ0v) is 17.6. The molecule has 0 heterocycles. The van der Waals surface area contributed by atoms with Crippen LogP contribution in [0.5, 0.6) is 5.75 Å². The Morgan fingerprint density at radius 3 is 2.33 bits per heavy atom. The Morgan fingerprint density at radius 2 is 1.74 bits per heavy atom. The standard InChI is InChI=1S/C21H25BrN2O3/c1-5-23-20(26)14-6-9-16(10-7-14)24-19(25)13-27-18-11-8-15(22)12-17(18)21(2,3)4/h6-12H,5,13H2,1-4H3,(H,23,26)(H,24,25). The van der Waals surface area contributed by atoms with Gasteiger partial charge in [-0.15, -0.1) is 0 Å². The normalized spacial score (nSPS) is 11.0. The summed E-state index contributed by atoms with van der Waals surface area (Å²) in [5.74, 6) is 0.291. The van der Waals surface area contributed by atoms with E-state index in [9.17, 15) is 9.59 Å². The predicted octanol–water partition coefficient (Wildman–Crippen LogP) is 4.51. The third-order valence-corrected chi connectivity index (χ3v) is 4.37. The first-order chi connectivity index (χ1) is 12.7. The molecule has 0 bridgehead atoms. The van der Waals surface area contributed by atoms with Crippen molar-refractivity contribution >= 4 is 33.4 Å². The fraction of sp³-hybridized carbons (Fsp3) is 0.333. The number of carbonyl (C=O) groups excluding carboxylic acids is 2. The summed E-state index contributed by atoms with van der Waals surface area (Å²) in [6.45, 7) is 8.63. The van der Waals surface area contributed by atoms with Gasteiger partial charge in [0.05, 0.1) is 0 Å². The van der Waals surface area contributed by atoms with Crippen LogP contribution in [0.15, 0.2) is 46.9 Å². The molecule has 0 aromatic heterocycles. The van der Waals surface area contributed by atoms with Crippen molar-refractivity contribution in [1.29, 1.82) is 0 Å². The van der Waals surface area contributed by atoms with E-state index in [1.54, 1.807) is 24.3 Å². The number of halogens is 1. The smallest absolute Gasteiger partial charge is 0.262 e. The molecule has 27 heavy (non-hydrogen) atoms. The molecule has 0 aliphatic rings. The molecule has 0 spiro atoms. The zero-order valence-electron chi connectivity index (χ0n) is 16.1. The molecule has 0 atom stereocenters. The lowest BCUT2D eigenvalue weighted by molar-refractivity contribution is -0.118. The maximum atomic E-state index is 12.2. The second-order valence-corrected chi connectivity index (χ2v) is 8.08. The van der Waals surface area contributed by atoms with Gasteiger partial charge >= 0.3 is 0 Å². The Morgan fingerprint density at radius 1 is 1.07 bits per heavy atom. The van der Waals surface area contributed by atoms with Crippen molar-refractivity contribution in [1.82, 2.24) is 5.32 Å². The number of anilines is 1. The molecule has 0 saturated carbocycles. The molecular formula is C21H25BrN2O3. The Bertz CT molecular complexity index is 811. The second-order valence-electron chi connectivity index (χ2n) is 7.16. The molecule has 0 aliphatic carbocycles. The molecule has 144 valence electrons. The van der Waals surface area contributed by atoms with Crippen molar-refractivity contribution in [3.05, 3.63) is 58.1 Å². The summed E-state index contributed by atoms with van der Waals surface area (Å²) >= 11 is 3.48. The van der Waals surface area contributed by atoms with Crippen LogP contribution in [0.4, 0.5) is 5.69 Å². The minimum atomic E-state index is -0.261. The summed E-state index contributed by atoms with van der Waals surface area (Å²) in [6.07, 6.45) is 0. The highest BCUT2D eigenvalue weighted by Crippen LogP contribution is 2.33. The van der Waals surface area contributed by atoms with E-state index in [-0.39, 0.29) is 23.8 Å². The molecule has 0 radical (unpaired) electrons. The summed E-state index contributed by atoms with van der Waals surface area (Å²) in [5, 5.41) is 5.51. The average Bonchev–Trinajstić information content (AvgIpc) is 2.60.